The number of carbonyl (C=O) groups excluding carboxylic acids is 1. The first kappa shape index (κ1) is 8.63. The van der Waals surface area contributed by atoms with Crippen LogP contribution in [-0.2, 0) is 9.53 Å². The Bertz CT molecular complexity index is 97.1. The summed E-state index contributed by atoms with van der Waals surface area (Å²) in [5, 5.41) is 0. The van der Waals surface area contributed by atoms with Crippen LogP contribution in [0.1, 0.15) is 20.8 Å². The number of carbonyl (C=O) groups is 1. The molecule has 0 aromatic rings. The Morgan fingerprint density at radius 1 is 1.44 bits per heavy atom. The van der Waals surface area contributed by atoms with Gasteiger partial charge in [-0.3, -0.25) is 4.79 Å². The minimum atomic E-state index is -0.218. The van der Waals surface area contributed by atoms with Crippen molar-refractivity contribution < 1.29 is 9.53 Å². The molecule has 0 aliphatic rings. The van der Waals surface area contributed by atoms with E-state index < -0.39 is 0 Å². The number of hydrogen-bond donors (Lipinski definition) is 0. The molecule has 0 aromatic carbocycles. The standard InChI is InChI=1S/C7H14O2/c1-5(2)7(9-4)6(3)8/h5,7H,1-4H3. The molecule has 0 bridgehead atoms. The second-order valence-corrected chi connectivity index (χ2v) is 2.51. The van der Waals surface area contributed by atoms with Gasteiger partial charge in [-0.05, 0) is 12.8 Å². The summed E-state index contributed by atoms with van der Waals surface area (Å²) in [6.07, 6.45) is -0.218. The molecule has 0 aliphatic carbocycles. The Hall–Kier alpha value is -0.370. The van der Waals surface area contributed by atoms with Gasteiger partial charge >= 0.3 is 0 Å². The lowest BCUT2D eigenvalue weighted by Gasteiger charge is -2.14. The van der Waals surface area contributed by atoms with Crippen LogP contribution in [0.3, 0.4) is 0 Å². The van der Waals surface area contributed by atoms with Crippen LogP contribution in [-0.4, -0.2) is 19.0 Å². The predicted octanol–water partition coefficient (Wildman–Crippen LogP) is 1.25. The Labute approximate surface area is 56.2 Å². The summed E-state index contributed by atoms with van der Waals surface area (Å²) in [7, 11) is 1.56. The van der Waals surface area contributed by atoms with Gasteiger partial charge in [0.05, 0.1) is 0 Å². The van der Waals surface area contributed by atoms with E-state index >= 15 is 0 Å². The number of ketones is 1. The fourth-order valence-electron chi connectivity index (χ4n) is 0.908. The van der Waals surface area contributed by atoms with Gasteiger partial charge in [0.15, 0.2) is 5.78 Å². The topological polar surface area (TPSA) is 26.3 Å². The molecule has 2 nitrogen and oxygen atoms in total. The van der Waals surface area contributed by atoms with Gasteiger partial charge in [0.25, 0.3) is 0 Å². The molecule has 1 unspecified atom stereocenters. The van der Waals surface area contributed by atoms with Gasteiger partial charge in [0.1, 0.15) is 6.10 Å². The molecule has 0 saturated heterocycles. The number of ether oxygens (including phenoxy) is 1. The summed E-state index contributed by atoms with van der Waals surface area (Å²) in [6.45, 7) is 5.49. The molecule has 0 aromatic heterocycles. The Morgan fingerprint density at radius 2 is 1.89 bits per heavy atom. The summed E-state index contributed by atoms with van der Waals surface area (Å²) in [6, 6.07) is 0. The zero-order chi connectivity index (χ0) is 7.44. The van der Waals surface area contributed by atoms with E-state index in [1.807, 2.05) is 13.8 Å². The smallest absolute Gasteiger partial charge is 0.158 e. The average molecular weight is 130 g/mol. The molecule has 0 amide bonds. The summed E-state index contributed by atoms with van der Waals surface area (Å²) in [5.41, 5.74) is 0. The van der Waals surface area contributed by atoms with Gasteiger partial charge < -0.3 is 4.74 Å². The number of Topliss-reactive ketones (excluding diaryl/α,β-unsaturated/α-hetero) is 1. The maximum absolute atomic E-state index is 10.7. The second-order valence-electron chi connectivity index (χ2n) is 2.51. The van der Waals surface area contributed by atoms with E-state index in [2.05, 4.69) is 0 Å². The molecule has 0 radical (unpaired) electrons. The molecule has 1 atom stereocenters. The summed E-state index contributed by atoms with van der Waals surface area (Å²) in [4.78, 5) is 10.7. The van der Waals surface area contributed by atoms with Crippen LogP contribution in [0.25, 0.3) is 0 Å². The minimum Gasteiger partial charge on any atom is -0.373 e. The van der Waals surface area contributed by atoms with Crippen molar-refractivity contribution in [2.24, 2.45) is 5.92 Å². The molecule has 2 heteroatoms. The highest BCUT2D eigenvalue weighted by Gasteiger charge is 2.16. The van der Waals surface area contributed by atoms with Crippen molar-refractivity contribution in [2.45, 2.75) is 26.9 Å². The summed E-state index contributed by atoms with van der Waals surface area (Å²) < 4.78 is 4.92. The molecule has 0 heterocycles. The van der Waals surface area contributed by atoms with Crippen LogP contribution in [0.5, 0.6) is 0 Å². The van der Waals surface area contributed by atoms with Crippen LogP contribution in [0.15, 0.2) is 0 Å². The molecule has 54 valence electrons. The first-order valence-corrected chi connectivity index (χ1v) is 3.12. The van der Waals surface area contributed by atoms with E-state index in [1.165, 1.54) is 0 Å². The number of hydrogen-bond acceptors (Lipinski definition) is 2. The SMILES string of the molecule is COC(C(C)=O)C(C)C. The van der Waals surface area contributed by atoms with Gasteiger partial charge in [0.2, 0.25) is 0 Å². The lowest BCUT2D eigenvalue weighted by atomic mass is 10.0. The van der Waals surface area contributed by atoms with Crippen molar-refractivity contribution >= 4 is 5.78 Å². The summed E-state index contributed by atoms with van der Waals surface area (Å²) >= 11 is 0. The summed E-state index contributed by atoms with van der Waals surface area (Å²) in [5.74, 6) is 0.389. The van der Waals surface area contributed by atoms with Crippen LogP contribution in [0.2, 0.25) is 0 Å². The Morgan fingerprint density at radius 3 is 1.89 bits per heavy atom. The molecule has 9 heavy (non-hydrogen) atoms. The zero-order valence-corrected chi connectivity index (χ0v) is 6.47. The molecule has 0 N–H and O–H groups in total. The number of rotatable bonds is 3. The fraction of sp³-hybridized carbons (Fsp3) is 0.857. The van der Waals surface area contributed by atoms with E-state index in [0.29, 0.717) is 0 Å². The van der Waals surface area contributed by atoms with Crippen LogP contribution >= 0.6 is 0 Å². The maximum atomic E-state index is 10.7. The monoisotopic (exact) mass is 130 g/mol. The van der Waals surface area contributed by atoms with Crippen LogP contribution in [0.4, 0.5) is 0 Å². The highest BCUT2D eigenvalue weighted by Crippen LogP contribution is 2.05. The minimum absolute atomic E-state index is 0.104. The average Bonchev–Trinajstić information content (AvgIpc) is 1.64. The first-order chi connectivity index (χ1) is 4.09. The van der Waals surface area contributed by atoms with Crippen molar-refractivity contribution in [1.29, 1.82) is 0 Å². The molecular weight excluding hydrogens is 116 g/mol. The van der Waals surface area contributed by atoms with Crippen molar-refractivity contribution in [3.05, 3.63) is 0 Å². The van der Waals surface area contributed by atoms with E-state index in [1.54, 1.807) is 14.0 Å². The second kappa shape index (κ2) is 3.62. The lowest BCUT2D eigenvalue weighted by molar-refractivity contribution is -0.128. The quantitative estimate of drug-likeness (QED) is 0.574. The zero-order valence-electron chi connectivity index (χ0n) is 6.47. The highest BCUT2D eigenvalue weighted by molar-refractivity contribution is 5.80. The largest absolute Gasteiger partial charge is 0.373 e. The van der Waals surface area contributed by atoms with Gasteiger partial charge in [-0.1, -0.05) is 13.8 Å². The maximum Gasteiger partial charge on any atom is 0.158 e. The van der Waals surface area contributed by atoms with Crippen molar-refractivity contribution in [3.63, 3.8) is 0 Å². The van der Waals surface area contributed by atoms with Crippen LogP contribution in [0, 0.1) is 5.92 Å². The van der Waals surface area contributed by atoms with Gasteiger partial charge in [-0.15, -0.1) is 0 Å². The van der Waals surface area contributed by atoms with Crippen molar-refractivity contribution in [3.8, 4) is 0 Å². The van der Waals surface area contributed by atoms with E-state index in [0.717, 1.165) is 0 Å². The third-order valence-electron chi connectivity index (χ3n) is 1.26. The lowest BCUT2D eigenvalue weighted by Crippen LogP contribution is -2.25. The van der Waals surface area contributed by atoms with Crippen molar-refractivity contribution in [2.75, 3.05) is 7.11 Å². The normalized spacial score (nSPS) is 13.9. The predicted molar refractivity (Wildman–Crippen MR) is 36.3 cm³/mol. The first-order valence-electron chi connectivity index (χ1n) is 3.12. The fourth-order valence-corrected chi connectivity index (χ4v) is 0.908. The van der Waals surface area contributed by atoms with Gasteiger partial charge in [-0.25, -0.2) is 0 Å². The van der Waals surface area contributed by atoms with Crippen molar-refractivity contribution in [1.82, 2.24) is 0 Å². The third-order valence-corrected chi connectivity index (χ3v) is 1.26. The van der Waals surface area contributed by atoms with Gasteiger partial charge in [0, 0.05) is 7.11 Å². The van der Waals surface area contributed by atoms with E-state index in [9.17, 15) is 4.79 Å². The number of methoxy groups -OCH3 is 1. The molecule has 0 fully saturated rings. The highest BCUT2D eigenvalue weighted by atomic mass is 16.5. The van der Waals surface area contributed by atoms with Gasteiger partial charge in [-0.2, -0.15) is 0 Å². The molecular formula is C7H14O2. The molecule has 0 aliphatic heterocycles. The third kappa shape index (κ3) is 2.61. The van der Waals surface area contributed by atoms with E-state index in [4.69, 9.17) is 4.74 Å². The molecule has 0 saturated carbocycles. The van der Waals surface area contributed by atoms with E-state index in [-0.39, 0.29) is 17.8 Å². The molecule has 0 rings (SSSR count). The molecule has 0 spiro atoms. The Kier molecular flexibility index (Phi) is 3.47. The Balaban J connectivity index is 3.83. The van der Waals surface area contributed by atoms with Crippen LogP contribution < -0.4 is 0 Å².